The van der Waals surface area contributed by atoms with Gasteiger partial charge in [-0.15, -0.1) is 0 Å². The second-order valence-electron chi connectivity index (χ2n) is 15.7. The Morgan fingerprint density at radius 3 is 2.02 bits per heavy atom. The second-order valence-corrected chi connectivity index (χ2v) is 17.7. The highest BCUT2D eigenvalue weighted by molar-refractivity contribution is 7.26. The lowest BCUT2D eigenvalue weighted by Crippen LogP contribution is -2.52. The lowest BCUT2D eigenvalue weighted by atomic mass is 9.98. The van der Waals surface area contributed by atoms with Crippen molar-refractivity contribution in [2.45, 2.75) is 90.9 Å². The number of nitrogens with zero attached hydrogens (tertiary/aromatic N) is 8. The smallest absolute Gasteiger partial charge is 0.246 e. The molecule has 8 rings (SSSR count). The van der Waals surface area contributed by atoms with E-state index in [0.29, 0.717) is 31.0 Å². The number of aliphatic hydroxyl groups is 1. The van der Waals surface area contributed by atoms with Crippen molar-refractivity contribution in [3.8, 4) is 21.3 Å². The number of imidazole rings is 3. The number of amides is 4. The fraction of sp³-hybridized carbons (Fsp3) is 0.487. The number of hydrogen-bond acceptors (Lipinski definition) is 11. The monoisotopic (exact) mass is 813 g/mol. The third kappa shape index (κ3) is 7.52. The largest absolute Gasteiger partial charge is 0.387 e. The van der Waals surface area contributed by atoms with E-state index >= 15 is 0 Å². The Morgan fingerprint density at radius 1 is 0.842 bits per heavy atom. The minimum atomic E-state index is -0.724. The Labute approximate surface area is 337 Å². The average molecular weight is 814 g/mol. The van der Waals surface area contributed by atoms with Gasteiger partial charge in [-0.25, -0.2) is 15.0 Å². The van der Waals surface area contributed by atoms with Gasteiger partial charge in [0.1, 0.15) is 30.1 Å². The Balaban J connectivity index is 0.920. The van der Waals surface area contributed by atoms with Gasteiger partial charge >= 0.3 is 0 Å². The first-order chi connectivity index (χ1) is 27.4. The summed E-state index contributed by atoms with van der Waals surface area (Å²) in [4.78, 5) is 80.9. The molecule has 5 aromatic rings. The molecule has 300 valence electrons. The van der Waals surface area contributed by atoms with E-state index in [2.05, 4.69) is 33.0 Å². The van der Waals surface area contributed by atoms with Gasteiger partial charge in [0.15, 0.2) is 15.7 Å². The molecule has 2 fully saturated rings. The lowest BCUT2D eigenvalue weighted by molar-refractivity contribution is -0.139. The molecule has 0 bridgehead atoms. The van der Waals surface area contributed by atoms with Gasteiger partial charge in [0.2, 0.25) is 23.6 Å². The zero-order chi connectivity index (χ0) is 40.1. The van der Waals surface area contributed by atoms with Gasteiger partial charge < -0.3 is 30.5 Å². The van der Waals surface area contributed by atoms with E-state index in [1.54, 1.807) is 33.8 Å². The summed E-state index contributed by atoms with van der Waals surface area (Å²) in [6, 6.07) is -1.51. The summed E-state index contributed by atoms with van der Waals surface area (Å²) in [5.41, 5.74) is 4.30. The first-order valence-electron chi connectivity index (χ1n) is 19.5. The van der Waals surface area contributed by atoms with Gasteiger partial charge in [-0.1, -0.05) is 50.4 Å². The van der Waals surface area contributed by atoms with Crippen LogP contribution in [0.25, 0.3) is 31.2 Å². The number of aromatic nitrogens is 6. The highest BCUT2D eigenvalue weighted by atomic mass is 32.1. The van der Waals surface area contributed by atoms with Crippen LogP contribution in [0, 0.1) is 11.8 Å². The molecule has 18 heteroatoms. The molecule has 0 spiro atoms. The Bertz CT molecular complexity index is 2350. The van der Waals surface area contributed by atoms with E-state index in [1.807, 2.05) is 60.0 Å². The van der Waals surface area contributed by atoms with Gasteiger partial charge in [-0.3, -0.25) is 33.0 Å². The molecule has 0 radical (unpaired) electrons. The third-order valence-corrected chi connectivity index (χ3v) is 13.2. The highest BCUT2D eigenvalue weighted by Gasteiger charge is 2.39. The van der Waals surface area contributed by atoms with Crippen molar-refractivity contribution in [2.24, 2.45) is 16.8 Å². The summed E-state index contributed by atoms with van der Waals surface area (Å²) in [6.07, 6.45) is 15.7. The lowest BCUT2D eigenvalue weighted by Gasteiger charge is -2.31. The van der Waals surface area contributed by atoms with E-state index in [4.69, 9.17) is 15.0 Å². The molecule has 0 aromatic carbocycles. The number of aliphatic hydroxyl groups excluding tert-OH is 1. The van der Waals surface area contributed by atoms with Gasteiger partial charge in [0, 0.05) is 57.4 Å². The molecule has 1 unspecified atom stereocenters. The summed E-state index contributed by atoms with van der Waals surface area (Å²) in [5, 5.41) is 14.7. The van der Waals surface area contributed by atoms with Crippen LogP contribution in [-0.4, -0.2) is 111 Å². The zero-order valence-electron chi connectivity index (χ0n) is 32.6. The minimum Gasteiger partial charge on any atom is -0.387 e. The minimum absolute atomic E-state index is 0.0149. The van der Waals surface area contributed by atoms with E-state index in [1.165, 1.54) is 6.92 Å². The maximum Gasteiger partial charge on any atom is 0.246 e. The van der Waals surface area contributed by atoms with Gasteiger partial charge in [0.05, 0.1) is 39.4 Å². The molecule has 3 aliphatic rings. The summed E-state index contributed by atoms with van der Waals surface area (Å²) >= 11 is 3.17. The second kappa shape index (κ2) is 15.6. The van der Waals surface area contributed by atoms with E-state index < -0.39 is 24.6 Å². The van der Waals surface area contributed by atoms with Crippen LogP contribution in [0.4, 0.5) is 0 Å². The van der Waals surface area contributed by atoms with E-state index in [-0.39, 0.29) is 41.6 Å². The number of H-pyrrole nitrogens is 1. The molecule has 4 atom stereocenters. The van der Waals surface area contributed by atoms with E-state index in [0.717, 1.165) is 68.0 Å². The van der Waals surface area contributed by atoms with Crippen LogP contribution in [0.15, 0.2) is 47.7 Å². The fourth-order valence-corrected chi connectivity index (χ4v) is 10.1. The first kappa shape index (κ1) is 38.7. The molecule has 5 aromatic heterocycles. The molecule has 0 aliphatic carbocycles. The molecular weight excluding hydrogens is 767 g/mol. The van der Waals surface area contributed by atoms with Gasteiger partial charge in [-0.05, 0) is 43.1 Å². The summed E-state index contributed by atoms with van der Waals surface area (Å²) < 4.78 is 4.02. The van der Waals surface area contributed by atoms with Crippen molar-refractivity contribution in [3.63, 3.8) is 0 Å². The number of nitrogens with one attached hydrogen (secondary N) is 3. The van der Waals surface area contributed by atoms with E-state index in [9.17, 15) is 24.3 Å². The number of carbonyl (C=O) groups excluding carboxylic acids is 4. The molecule has 16 nitrogen and oxygen atoms in total. The van der Waals surface area contributed by atoms with Crippen molar-refractivity contribution >= 4 is 61.9 Å². The maximum absolute atomic E-state index is 13.5. The number of rotatable bonds is 12. The molecule has 4 N–H and O–H groups in total. The normalized spacial score (nSPS) is 19.6. The molecule has 0 saturated carbocycles. The van der Waals surface area contributed by atoms with Crippen LogP contribution < -0.4 is 10.6 Å². The van der Waals surface area contributed by atoms with Crippen LogP contribution >= 0.6 is 22.7 Å². The number of hydrogen-bond donors (Lipinski definition) is 4. The Kier molecular flexibility index (Phi) is 10.6. The first-order valence-corrected chi connectivity index (χ1v) is 21.1. The van der Waals surface area contributed by atoms with Crippen molar-refractivity contribution in [1.82, 2.24) is 49.2 Å². The van der Waals surface area contributed by atoms with Crippen molar-refractivity contribution in [2.75, 3.05) is 19.7 Å². The highest BCUT2D eigenvalue weighted by Crippen LogP contribution is 2.37. The van der Waals surface area contributed by atoms with Crippen molar-refractivity contribution < 1.29 is 24.3 Å². The number of aromatic amines is 1. The average Bonchev–Trinajstić information content (AvgIpc) is 4.01. The van der Waals surface area contributed by atoms with Crippen LogP contribution in [0.5, 0.6) is 0 Å². The fourth-order valence-electron chi connectivity index (χ4n) is 8.11. The molecular formula is C39H47N11O5S2. The molecule has 4 amide bonds. The predicted molar refractivity (Wildman–Crippen MR) is 217 cm³/mol. The number of fused-ring (bicyclic) bond motifs is 2. The SMILES string of the molecule is CC(=O)N[C@H](C(=O)N1CCCC1C1=CN=C(c2cn3cc(-c4cn5cc(-c6ncc([C@@H]7CCCN7C(=O)[C@@H](NC(=O)CO)C(C)C)[nH]6)nc5s4)sc3n2)C1)C(C)C. The number of likely N-dealkylation sites (tertiary alicyclic amines) is 2. The van der Waals surface area contributed by atoms with Gasteiger partial charge in [-0.2, -0.15) is 0 Å². The quantitative estimate of drug-likeness (QED) is 0.144. The van der Waals surface area contributed by atoms with Gasteiger partial charge in [0.25, 0.3) is 0 Å². The number of thiazole rings is 2. The topological polar surface area (TPSA) is 195 Å². The maximum atomic E-state index is 13.5. The van der Waals surface area contributed by atoms with Crippen LogP contribution in [-0.2, 0) is 19.2 Å². The molecule has 57 heavy (non-hydrogen) atoms. The number of aliphatic imine (C=N–C) groups is 1. The Morgan fingerprint density at radius 2 is 1.42 bits per heavy atom. The van der Waals surface area contributed by atoms with Crippen LogP contribution in [0.3, 0.4) is 0 Å². The third-order valence-electron chi connectivity index (χ3n) is 11.0. The summed E-state index contributed by atoms with van der Waals surface area (Å²) in [5.74, 6) is -0.518. The molecule has 8 heterocycles. The van der Waals surface area contributed by atoms with Crippen molar-refractivity contribution in [1.29, 1.82) is 0 Å². The summed E-state index contributed by atoms with van der Waals surface area (Å²) in [6.45, 7) is 9.68. The number of carbonyl (C=O) groups is 4. The molecule has 3 aliphatic heterocycles. The van der Waals surface area contributed by atoms with Crippen LogP contribution in [0.1, 0.15) is 84.2 Å². The standard InChI is InChI=1S/C39H47N11O5S2/c1-20(2)33(42-22(5)52)36(54)49-10-6-8-28(49)23-12-24(40-13-23)26-15-47-17-30(56-38(47)44-26)31-18-48-16-27(45-39(48)57-31)35-41-14-25(43-35)29-9-7-11-50(29)37(55)34(21(3)4)46-32(53)19-51/h13-18,20-21,28-29,33-34,51H,6-12,19H2,1-5H3,(H,41,43)(H,42,52)(H,46,53)/t28?,29-,33-,34-/m0/s1. The molecule has 2 saturated heterocycles. The Hall–Kier alpha value is -5.20. The summed E-state index contributed by atoms with van der Waals surface area (Å²) in [7, 11) is 0. The van der Waals surface area contributed by atoms with Crippen molar-refractivity contribution in [3.05, 3.63) is 54.1 Å². The van der Waals surface area contributed by atoms with Crippen LogP contribution in [0.2, 0.25) is 0 Å². The zero-order valence-corrected chi connectivity index (χ0v) is 34.2. The predicted octanol–water partition coefficient (Wildman–Crippen LogP) is 4.19.